The van der Waals surface area contributed by atoms with Crippen LogP contribution in [-0.4, -0.2) is 38.5 Å². The second kappa shape index (κ2) is 8.90. The van der Waals surface area contributed by atoms with Gasteiger partial charge in [-0.15, -0.1) is 0 Å². The molecule has 0 aromatic heterocycles. The zero-order valence-corrected chi connectivity index (χ0v) is 17.7. The zero-order chi connectivity index (χ0) is 21.0. The number of likely N-dealkylation sites (tertiary alicyclic amines) is 1. The highest BCUT2D eigenvalue weighted by Crippen LogP contribution is 2.43. The number of rotatable bonds is 7. The number of benzene rings is 3. The highest BCUT2D eigenvalue weighted by Gasteiger charge is 2.34. The number of nitrogens with zero attached hydrogens (tertiary/aromatic N) is 1. The summed E-state index contributed by atoms with van der Waals surface area (Å²) in [4.78, 5) is 2.53. The van der Waals surface area contributed by atoms with Crippen LogP contribution in [0.5, 0.6) is 23.0 Å². The molecular formula is C26H27NO4. The minimum atomic E-state index is 0.306. The molecule has 3 aromatic rings. The van der Waals surface area contributed by atoms with Gasteiger partial charge in [0.05, 0.1) is 7.11 Å². The fraction of sp³-hybridized carbons (Fsp3) is 0.308. The van der Waals surface area contributed by atoms with Gasteiger partial charge in [-0.3, -0.25) is 4.90 Å². The molecule has 5 nitrogen and oxygen atoms in total. The van der Waals surface area contributed by atoms with Crippen LogP contribution in [0.3, 0.4) is 0 Å². The molecule has 0 spiro atoms. The molecule has 1 fully saturated rings. The molecule has 2 aliphatic heterocycles. The third-order valence-corrected chi connectivity index (χ3v) is 6.16. The summed E-state index contributed by atoms with van der Waals surface area (Å²) in [5.41, 5.74) is 2.61. The van der Waals surface area contributed by atoms with Crippen molar-refractivity contribution in [3.05, 3.63) is 83.9 Å². The molecule has 0 amide bonds. The Kier molecular flexibility index (Phi) is 5.67. The van der Waals surface area contributed by atoms with Crippen molar-refractivity contribution in [3.63, 3.8) is 0 Å². The van der Waals surface area contributed by atoms with Gasteiger partial charge in [0.1, 0.15) is 18.1 Å². The molecule has 0 radical (unpaired) electrons. The maximum absolute atomic E-state index is 5.99. The average molecular weight is 418 g/mol. The molecule has 2 aliphatic rings. The topological polar surface area (TPSA) is 40.2 Å². The second-order valence-electron chi connectivity index (χ2n) is 7.99. The number of methoxy groups -OCH3 is 1. The van der Waals surface area contributed by atoms with Crippen molar-refractivity contribution >= 4 is 0 Å². The number of para-hydroxylation sites is 1. The first kappa shape index (κ1) is 19.8. The Bertz CT molecular complexity index is 1010. The summed E-state index contributed by atoms with van der Waals surface area (Å²) in [5, 5.41) is 0. The molecule has 160 valence electrons. The Morgan fingerprint density at radius 2 is 1.65 bits per heavy atom. The van der Waals surface area contributed by atoms with Crippen LogP contribution in [0.4, 0.5) is 0 Å². The van der Waals surface area contributed by atoms with Crippen LogP contribution in [0.25, 0.3) is 0 Å². The lowest BCUT2D eigenvalue weighted by Crippen LogP contribution is -2.28. The Hall–Kier alpha value is -3.18. The first-order valence-corrected chi connectivity index (χ1v) is 10.8. The summed E-state index contributed by atoms with van der Waals surface area (Å²) in [7, 11) is 1.70. The number of ether oxygens (including phenoxy) is 4. The molecule has 2 atom stereocenters. The third kappa shape index (κ3) is 4.32. The molecule has 0 saturated carbocycles. The normalized spacial score (nSPS) is 20.0. The van der Waals surface area contributed by atoms with E-state index in [-0.39, 0.29) is 0 Å². The largest absolute Gasteiger partial charge is 0.497 e. The summed E-state index contributed by atoms with van der Waals surface area (Å²) in [6.07, 6.45) is 1.05. The lowest BCUT2D eigenvalue weighted by atomic mass is 9.93. The summed E-state index contributed by atoms with van der Waals surface area (Å²) in [6, 6.07) is 25.1. The first-order valence-electron chi connectivity index (χ1n) is 10.8. The number of hydrogen-bond donors (Lipinski definition) is 0. The van der Waals surface area contributed by atoms with Gasteiger partial charge in [0.25, 0.3) is 0 Å². The molecular weight excluding hydrogens is 390 g/mol. The molecule has 2 heterocycles. The van der Waals surface area contributed by atoms with E-state index in [0.29, 0.717) is 25.4 Å². The first-order chi connectivity index (χ1) is 15.3. The van der Waals surface area contributed by atoms with Crippen molar-refractivity contribution in [2.45, 2.75) is 18.4 Å². The predicted molar refractivity (Wildman–Crippen MR) is 119 cm³/mol. The van der Waals surface area contributed by atoms with Crippen molar-refractivity contribution in [2.24, 2.45) is 0 Å². The van der Waals surface area contributed by atoms with Gasteiger partial charge in [0.2, 0.25) is 6.79 Å². The van der Waals surface area contributed by atoms with Gasteiger partial charge in [-0.05, 0) is 59.9 Å². The maximum atomic E-state index is 5.99. The number of hydrogen-bond acceptors (Lipinski definition) is 5. The third-order valence-electron chi connectivity index (χ3n) is 6.16. The summed E-state index contributed by atoms with van der Waals surface area (Å²) >= 11 is 0. The predicted octanol–water partition coefficient (Wildman–Crippen LogP) is 5.03. The molecule has 0 aliphatic carbocycles. The lowest BCUT2D eigenvalue weighted by Gasteiger charge is -2.25. The van der Waals surface area contributed by atoms with E-state index in [9.17, 15) is 0 Å². The molecule has 0 bridgehead atoms. The Labute approximate surface area is 183 Å². The SMILES string of the molecule is COc1ccc(C2CC(c3ccc4c(c3)OCO4)CN2CCOc2ccccc2)cc1. The van der Waals surface area contributed by atoms with E-state index < -0.39 is 0 Å². The summed E-state index contributed by atoms with van der Waals surface area (Å²) < 4.78 is 22.4. The minimum Gasteiger partial charge on any atom is -0.497 e. The summed E-state index contributed by atoms with van der Waals surface area (Å²) in [5.74, 6) is 3.91. The van der Waals surface area contributed by atoms with Crippen molar-refractivity contribution in [3.8, 4) is 23.0 Å². The molecule has 2 unspecified atom stereocenters. The van der Waals surface area contributed by atoms with E-state index in [2.05, 4.69) is 29.2 Å². The zero-order valence-electron chi connectivity index (χ0n) is 17.7. The van der Waals surface area contributed by atoms with Gasteiger partial charge in [-0.1, -0.05) is 36.4 Å². The standard InChI is InChI=1S/C26H27NO4/c1-28-22-10-7-19(8-11-22)24-15-21(20-9-12-25-26(16-20)31-18-30-25)17-27(24)13-14-29-23-5-3-2-4-6-23/h2-12,16,21,24H,13-15,17-18H2,1H3. The van der Waals surface area contributed by atoms with Gasteiger partial charge in [0.15, 0.2) is 11.5 Å². The Balaban J connectivity index is 1.33. The fourth-order valence-corrected chi connectivity index (χ4v) is 4.53. The number of fused-ring (bicyclic) bond motifs is 1. The van der Waals surface area contributed by atoms with Crippen LogP contribution >= 0.6 is 0 Å². The van der Waals surface area contributed by atoms with E-state index in [1.54, 1.807) is 7.11 Å². The second-order valence-corrected chi connectivity index (χ2v) is 7.99. The van der Waals surface area contributed by atoms with E-state index in [0.717, 1.165) is 42.5 Å². The lowest BCUT2D eigenvalue weighted by molar-refractivity contribution is 0.174. The van der Waals surface area contributed by atoms with Crippen molar-refractivity contribution in [1.82, 2.24) is 4.90 Å². The summed E-state index contributed by atoms with van der Waals surface area (Å²) in [6.45, 7) is 2.81. The van der Waals surface area contributed by atoms with Crippen molar-refractivity contribution in [1.29, 1.82) is 0 Å². The van der Waals surface area contributed by atoms with Gasteiger partial charge in [0, 0.05) is 19.1 Å². The monoisotopic (exact) mass is 417 g/mol. The van der Waals surface area contributed by atoms with Crippen LogP contribution in [0.15, 0.2) is 72.8 Å². The molecule has 1 saturated heterocycles. The van der Waals surface area contributed by atoms with Crippen LogP contribution in [0.1, 0.15) is 29.5 Å². The van der Waals surface area contributed by atoms with Crippen LogP contribution in [0.2, 0.25) is 0 Å². The molecule has 31 heavy (non-hydrogen) atoms. The van der Waals surface area contributed by atoms with Crippen molar-refractivity contribution in [2.75, 3.05) is 33.6 Å². The van der Waals surface area contributed by atoms with Gasteiger partial charge >= 0.3 is 0 Å². The van der Waals surface area contributed by atoms with Crippen LogP contribution < -0.4 is 18.9 Å². The average Bonchev–Trinajstić information content (AvgIpc) is 3.46. The molecule has 0 N–H and O–H groups in total. The molecule has 5 rings (SSSR count). The van der Waals surface area contributed by atoms with E-state index in [1.807, 2.05) is 48.5 Å². The van der Waals surface area contributed by atoms with Crippen LogP contribution in [0, 0.1) is 0 Å². The quantitative estimate of drug-likeness (QED) is 0.539. The highest BCUT2D eigenvalue weighted by atomic mass is 16.7. The fourth-order valence-electron chi connectivity index (χ4n) is 4.53. The van der Waals surface area contributed by atoms with Gasteiger partial charge < -0.3 is 18.9 Å². The van der Waals surface area contributed by atoms with E-state index >= 15 is 0 Å². The van der Waals surface area contributed by atoms with E-state index in [4.69, 9.17) is 18.9 Å². The van der Waals surface area contributed by atoms with Crippen LogP contribution in [-0.2, 0) is 0 Å². The van der Waals surface area contributed by atoms with Gasteiger partial charge in [-0.2, -0.15) is 0 Å². The van der Waals surface area contributed by atoms with Gasteiger partial charge in [-0.25, -0.2) is 0 Å². The Morgan fingerprint density at radius 1 is 0.871 bits per heavy atom. The molecule has 5 heteroatoms. The molecule has 3 aromatic carbocycles. The maximum Gasteiger partial charge on any atom is 0.231 e. The smallest absolute Gasteiger partial charge is 0.231 e. The Morgan fingerprint density at radius 3 is 2.45 bits per heavy atom. The van der Waals surface area contributed by atoms with E-state index in [1.165, 1.54) is 11.1 Å². The minimum absolute atomic E-state index is 0.306. The van der Waals surface area contributed by atoms with Crippen molar-refractivity contribution < 1.29 is 18.9 Å². The highest BCUT2D eigenvalue weighted by molar-refractivity contribution is 5.46.